The molecule has 2 aromatic heterocycles. The number of fused-ring (bicyclic) bond motifs is 1. The Labute approximate surface area is 138 Å². The molecule has 0 aliphatic carbocycles. The van der Waals surface area contributed by atoms with Gasteiger partial charge in [0.25, 0.3) is 5.56 Å². The minimum atomic E-state index is -0.861. The standard InChI is InChI=1S/C17H19N5O2/c23-16-14-10-20-22(13-4-2-1-3-5-13)15(14)19-12-21(16)11-17(24)6-8-18-9-7-17/h1-5,10,12,18,24H,6-9,11H2. The maximum absolute atomic E-state index is 12.7. The van der Waals surface area contributed by atoms with Gasteiger partial charge in [-0.1, -0.05) is 18.2 Å². The van der Waals surface area contributed by atoms with Crippen LogP contribution >= 0.6 is 0 Å². The SMILES string of the molecule is O=c1c2cnn(-c3ccccc3)c2ncn1CC1(O)CCNCC1. The summed E-state index contributed by atoms with van der Waals surface area (Å²) in [6.45, 7) is 1.77. The maximum Gasteiger partial charge on any atom is 0.264 e. The molecule has 1 aliphatic heterocycles. The lowest BCUT2D eigenvalue weighted by molar-refractivity contribution is -0.00627. The van der Waals surface area contributed by atoms with Gasteiger partial charge in [-0.3, -0.25) is 9.36 Å². The summed E-state index contributed by atoms with van der Waals surface area (Å²) in [5.41, 5.74) is 0.350. The first-order valence-electron chi connectivity index (χ1n) is 8.08. The zero-order valence-corrected chi connectivity index (χ0v) is 13.2. The zero-order valence-electron chi connectivity index (χ0n) is 13.2. The minimum absolute atomic E-state index is 0.172. The molecule has 0 bridgehead atoms. The van der Waals surface area contributed by atoms with Crippen molar-refractivity contribution < 1.29 is 5.11 Å². The van der Waals surface area contributed by atoms with Crippen molar-refractivity contribution in [1.82, 2.24) is 24.6 Å². The Morgan fingerprint density at radius 3 is 2.71 bits per heavy atom. The first-order chi connectivity index (χ1) is 11.7. The molecule has 2 N–H and O–H groups in total. The Morgan fingerprint density at radius 1 is 1.21 bits per heavy atom. The topological polar surface area (TPSA) is 85.0 Å². The quantitative estimate of drug-likeness (QED) is 0.740. The Hall–Kier alpha value is -2.51. The molecule has 124 valence electrons. The highest BCUT2D eigenvalue weighted by atomic mass is 16.3. The van der Waals surface area contributed by atoms with Gasteiger partial charge in [0, 0.05) is 0 Å². The van der Waals surface area contributed by atoms with Gasteiger partial charge < -0.3 is 10.4 Å². The van der Waals surface area contributed by atoms with Gasteiger partial charge in [-0.25, -0.2) is 9.67 Å². The summed E-state index contributed by atoms with van der Waals surface area (Å²) in [5.74, 6) is 0. The zero-order chi connectivity index (χ0) is 16.6. The second-order valence-corrected chi connectivity index (χ2v) is 6.28. The summed E-state index contributed by atoms with van der Waals surface area (Å²) in [6.07, 6.45) is 4.30. The largest absolute Gasteiger partial charge is 0.388 e. The number of nitrogens with one attached hydrogen (secondary N) is 1. The molecule has 1 aromatic carbocycles. The molecule has 7 nitrogen and oxygen atoms in total. The van der Waals surface area contributed by atoms with Crippen LogP contribution in [0.15, 0.2) is 47.7 Å². The third-order valence-electron chi connectivity index (χ3n) is 4.55. The Bertz CT molecular complexity index is 910. The molecule has 3 heterocycles. The van der Waals surface area contributed by atoms with Crippen LogP contribution in [0.25, 0.3) is 16.7 Å². The monoisotopic (exact) mass is 325 g/mol. The van der Waals surface area contributed by atoms with Gasteiger partial charge in [0.1, 0.15) is 11.7 Å². The van der Waals surface area contributed by atoms with Gasteiger partial charge in [0.05, 0.1) is 24.0 Å². The summed E-state index contributed by atoms with van der Waals surface area (Å²) < 4.78 is 3.14. The highest BCUT2D eigenvalue weighted by molar-refractivity contribution is 5.74. The van der Waals surface area contributed by atoms with Crippen molar-refractivity contribution in [3.05, 3.63) is 53.2 Å². The van der Waals surface area contributed by atoms with Crippen LogP contribution < -0.4 is 10.9 Å². The second kappa shape index (κ2) is 5.85. The average Bonchev–Trinajstić information content (AvgIpc) is 3.03. The Kier molecular flexibility index (Phi) is 3.66. The molecule has 1 saturated heterocycles. The van der Waals surface area contributed by atoms with Crippen LogP contribution in [0, 0.1) is 0 Å². The van der Waals surface area contributed by atoms with Crippen molar-refractivity contribution >= 4 is 11.0 Å². The summed E-state index contributed by atoms with van der Waals surface area (Å²) in [4.78, 5) is 17.1. The van der Waals surface area contributed by atoms with Crippen LogP contribution in [-0.4, -0.2) is 43.1 Å². The number of piperidine rings is 1. The van der Waals surface area contributed by atoms with Crippen molar-refractivity contribution in [2.75, 3.05) is 13.1 Å². The van der Waals surface area contributed by atoms with E-state index in [1.165, 1.54) is 10.9 Å². The fraction of sp³-hybridized carbons (Fsp3) is 0.353. The third kappa shape index (κ3) is 2.61. The molecular formula is C17H19N5O2. The number of aromatic nitrogens is 4. The summed E-state index contributed by atoms with van der Waals surface area (Å²) >= 11 is 0. The normalized spacial score (nSPS) is 17.2. The molecule has 1 fully saturated rings. The van der Waals surface area contributed by atoms with E-state index >= 15 is 0 Å². The molecule has 0 saturated carbocycles. The molecular weight excluding hydrogens is 306 g/mol. The van der Waals surface area contributed by atoms with Crippen LogP contribution in [-0.2, 0) is 6.54 Å². The molecule has 0 radical (unpaired) electrons. The minimum Gasteiger partial charge on any atom is -0.388 e. The highest BCUT2D eigenvalue weighted by Crippen LogP contribution is 2.20. The van der Waals surface area contributed by atoms with E-state index in [0.29, 0.717) is 23.9 Å². The van der Waals surface area contributed by atoms with Gasteiger partial charge in [0.2, 0.25) is 0 Å². The van der Waals surface area contributed by atoms with Crippen molar-refractivity contribution in [3.63, 3.8) is 0 Å². The average molecular weight is 325 g/mol. The number of benzene rings is 1. The van der Waals surface area contributed by atoms with E-state index in [1.807, 2.05) is 30.3 Å². The molecule has 0 amide bonds. The van der Waals surface area contributed by atoms with E-state index in [0.717, 1.165) is 18.8 Å². The van der Waals surface area contributed by atoms with E-state index in [9.17, 15) is 9.90 Å². The van der Waals surface area contributed by atoms with E-state index < -0.39 is 5.60 Å². The van der Waals surface area contributed by atoms with E-state index in [1.54, 1.807) is 10.9 Å². The van der Waals surface area contributed by atoms with Crippen LogP contribution in [0.4, 0.5) is 0 Å². The van der Waals surface area contributed by atoms with Gasteiger partial charge in [-0.05, 0) is 38.1 Å². The maximum atomic E-state index is 12.7. The van der Waals surface area contributed by atoms with E-state index in [-0.39, 0.29) is 12.1 Å². The summed E-state index contributed by atoms with van der Waals surface area (Å²) in [5, 5.41) is 18.6. The van der Waals surface area contributed by atoms with Gasteiger partial charge in [-0.2, -0.15) is 5.10 Å². The first-order valence-corrected chi connectivity index (χ1v) is 8.08. The summed E-state index contributed by atoms with van der Waals surface area (Å²) in [7, 11) is 0. The van der Waals surface area contributed by atoms with Crippen molar-refractivity contribution in [2.45, 2.75) is 25.0 Å². The lowest BCUT2D eigenvalue weighted by Gasteiger charge is -2.32. The third-order valence-corrected chi connectivity index (χ3v) is 4.55. The molecule has 0 spiro atoms. The predicted molar refractivity (Wildman–Crippen MR) is 90.2 cm³/mol. The van der Waals surface area contributed by atoms with Crippen LogP contribution in [0.3, 0.4) is 0 Å². The van der Waals surface area contributed by atoms with Crippen LogP contribution in [0.5, 0.6) is 0 Å². The highest BCUT2D eigenvalue weighted by Gasteiger charge is 2.30. The summed E-state index contributed by atoms with van der Waals surface area (Å²) in [6, 6.07) is 9.58. The Morgan fingerprint density at radius 2 is 1.96 bits per heavy atom. The molecule has 3 aromatic rings. The number of para-hydroxylation sites is 1. The molecule has 4 rings (SSSR count). The van der Waals surface area contributed by atoms with Gasteiger partial charge in [-0.15, -0.1) is 0 Å². The fourth-order valence-electron chi connectivity index (χ4n) is 3.19. The molecule has 24 heavy (non-hydrogen) atoms. The van der Waals surface area contributed by atoms with Crippen molar-refractivity contribution in [2.24, 2.45) is 0 Å². The fourth-order valence-corrected chi connectivity index (χ4v) is 3.19. The lowest BCUT2D eigenvalue weighted by Crippen LogP contribution is -2.46. The second-order valence-electron chi connectivity index (χ2n) is 6.28. The molecule has 1 aliphatic rings. The van der Waals surface area contributed by atoms with E-state index in [2.05, 4.69) is 15.4 Å². The number of nitrogens with zero attached hydrogens (tertiary/aromatic N) is 4. The number of hydrogen-bond donors (Lipinski definition) is 2. The van der Waals surface area contributed by atoms with Crippen LogP contribution in [0.1, 0.15) is 12.8 Å². The van der Waals surface area contributed by atoms with Crippen molar-refractivity contribution in [1.29, 1.82) is 0 Å². The van der Waals surface area contributed by atoms with Gasteiger partial charge in [0.15, 0.2) is 5.65 Å². The molecule has 0 unspecified atom stereocenters. The van der Waals surface area contributed by atoms with Crippen molar-refractivity contribution in [3.8, 4) is 5.69 Å². The Balaban J connectivity index is 1.73. The molecule has 7 heteroatoms. The van der Waals surface area contributed by atoms with Gasteiger partial charge >= 0.3 is 0 Å². The van der Waals surface area contributed by atoms with E-state index in [4.69, 9.17) is 0 Å². The molecule has 0 atom stereocenters. The first kappa shape index (κ1) is 15.0. The number of hydrogen-bond acceptors (Lipinski definition) is 5. The predicted octanol–water partition coefficient (Wildman–Crippen LogP) is 0.697. The van der Waals surface area contributed by atoms with Crippen LogP contribution in [0.2, 0.25) is 0 Å². The number of aliphatic hydroxyl groups is 1. The number of rotatable bonds is 3. The lowest BCUT2D eigenvalue weighted by atomic mass is 9.92. The smallest absolute Gasteiger partial charge is 0.264 e.